The Morgan fingerprint density at radius 1 is 1.04 bits per heavy atom. The second-order valence-corrected chi connectivity index (χ2v) is 5.79. The molecule has 1 aliphatic heterocycles. The van der Waals surface area contributed by atoms with Crippen molar-refractivity contribution in [1.82, 2.24) is 10.2 Å². The fraction of sp³-hybridized carbons (Fsp3) is 0.167. The van der Waals surface area contributed by atoms with Gasteiger partial charge in [0.15, 0.2) is 0 Å². The number of nitrogens with one attached hydrogen (secondary N) is 1. The van der Waals surface area contributed by atoms with E-state index in [4.69, 9.17) is 0 Å². The lowest BCUT2D eigenvalue weighted by Crippen LogP contribution is -2.27. The maximum absolute atomic E-state index is 13.8. The van der Waals surface area contributed by atoms with Gasteiger partial charge in [0.2, 0.25) is 0 Å². The summed E-state index contributed by atoms with van der Waals surface area (Å²) in [6.45, 7) is 1.56. The molecule has 2 aromatic carbocycles. The first-order chi connectivity index (χ1) is 11.8. The Labute approximate surface area is 142 Å². The monoisotopic (exact) mass is 344 g/mol. The van der Waals surface area contributed by atoms with Crippen molar-refractivity contribution in [1.29, 1.82) is 0 Å². The topological polar surface area (TPSA) is 66.5 Å². The Hall–Kier alpha value is -3.09. The van der Waals surface area contributed by atoms with Gasteiger partial charge in [-0.1, -0.05) is 6.07 Å². The minimum absolute atomic E-state index is 0.141. The Morgan fingerprint density at radius 2 is 1.72 bits per heavy atom. The third kappa shape index (κ3) is 2.88. The summed E-state index contributed by atoms with van der Waals surface area (Å²) in [4.78, 5) is 37.2. The molecule has 7 heteroatoms. The van der Waals surface area contributed by atoms with Gasteiger partial charge in [0.25, 0.3) is 17.7 Å². The minimum atomic E-state index is -0.760. The van der Waals surface area contributed by atoms with Crippen LogP contribution >= 0.6 is 0 Å². The summed E-state index contributed by atoms with van der Waals surface area (Å²) in [6.07, 6.45) is 0. The van der Waals surface area contributed by atoms with Crippen molar-refractivity contribution in [2.75, 3.05) is 7.05 Å². The van der Waals surface area contributed by atoms with E-state index in [2.05, 4.69) is 5.32 Å². The molecule has 0 aliphatic carbocycles. The van der Waals surface area contributed by atoms with E-state index in [0.29, 0.717) is 0 Å². The molecule has 1 atom stereocenters. The molecule has 2 aromatic rings. The smallest absolute Gasteiger partial charge is 0.261 e. The summed E-state index contributed by atoms with van der Waals surface area (Å²) in [7, 11) is 1.36. The van der Waals surface area contributed by atoms with Gasteiger partial charge in [0, 0.05) is 24.2 Å². The zero-order chi connectivity index (χ0) is 18.3. The SMILES string of the molecule is C[C@H](NC(=O)c1ccc2c(c1)C(=O)N(C)C2=O)c1ccc(F)cc1F. The standard InChI is InChI=1S/C18H14F2N2O3/c1-9(12-6-4-11(19)8-15(12)20)21-16(23)10-3-5-13-14(7-10)18(25)22(2)17(13)24/h3-9H,1-2H3,(H,21,23)/t9-/m0/s1. The first-order valence-electron chi connectivity index (χ1n) is 7.52. The number of carbonyl (C=O) groups excluding carboxylic acids is 3. The Balaban J connectivity index is 1.83. The number of amides is 3. The van der Waals surface area contributed by atoms with Crippen LogP contribution in [-0.2, 0) is 0 Å². The Morgan fingerprint density at radius 3 is 2.40 bits per heavy atom. The summed E-state index contributed by atoms with van der Waals surface area (Å²) >= 11 is 0. The number of imide groups is 1. The molecular formula is C18H14F2N2O3. The predicted molar refractivity (Wildman–Crippen MR) is 85.1 cm³/mol. The highest BCUT2D eigenvalue weighted by Crippen LogP contribution is 2.23. The average molecular weight is 344 g/mol. The molecule has 128 valence electrons. The molecule has 1 N–H and O–H groups in total. The second kappa shape index (κ2) is 6.08. The van der Waals surface area contributed by atoms with Gasteiger partial charge in [0.05, 0.1) is 17.2 Å². The molecule has 0 spiro atoms. The zero-order valence-electron chi connectivity index (χ0n) is 13.5. The number of hydrogen-bond donors (Lipinski definition) is 1. The molecule has 3 amide bonds. The second-order valence-electron chi connectivity index (χ2n) is 5.79. The molecule has 0 radical (unpaired) electrons. The molecule has 0 saturated heterocycles. The van der Waals surface area contributed by atoms with Crippen LogP contribution in [-0.4, -0.2) is 29.7 Å². The summed E-state index contributed by atoms with van der Waals surface area (Å²) in [6, 6.07) is 6.58. The lowest BCUT2D eigenvalue weighted by atomic mass is 10.0. The molecule has 25 heavy (non-hydrogen) atoms. The number of hydrogen-bond acceptors (Lipinski definition) is 3. The molecule has 0 aromatic heterocycles. The number of carbonyl (C=O) groups is 3. The van der Waals surface area contributed by atoms with Crippen LogP contribution in [0.1, 0.15) is 49.6 Å². The third-order valence-electron chi connectivity index (χ3n) is 4.13. The molecule has 1 aliphatic rings. The van der Waals surface area contributed by atoms with Crippen LogP contribution in [0, 0.1) is 11.6 Å². The van der Waals surface area contributed by atoms with Crippen molar-refractivity contribution in [3.8, 4) is 0 Å². The van der Waals surface area contributed by atoms with Crippen LogP contribution in [0.4, 0.5) is 8.78 Å². The van der Waals surface area contributed by atoms with Gasteiger partial charge in [-0.15, -0.1) is 0 Å². The van der Waals surface area contributed by atoms with E-state index in [9.17, 15) is 23.2 Å². The van der Waals surface area contributed by atoms with Gasteiger partial charge in [-0.25, -0.2) is 8.78 Å². The van der Waals surface area contributed by atoms with Crippen molar-refractivity contribution in [2.45, 2.75) is 13.0 Å². The minimum Gasteiger partial charge on any atom is -0.345 e. The van der Waals surface area contributed by atoms with Gasteiger partial charge >= 0.3 is 0 Å². The fourth-order valence-corrected chi connectivity index (χ4v) is 2.71. The van der Waals surface area contributed by atoms with Gasteiger partial charge in [-0.3, -0.25) is 19.3 Å². The highest BCUT2D eigenvalue weighted by molar-refractivity contribution is 6.21. The van der Waals surface area contributed by atoms with Crippen molar-refractivity contribution in [3.05, 3.63) is 70.3 Å². The van der Waals surface area contributed by atoms with Gasteiger partial charge in [0.1, 0.15) is 11.6 Å². The molecule has 0 saturated carbocycles. The molecule has 0 fully saturated rings. The van der Waals surface area contributed by atoms with Crippen LogP contribution in [0.15, 0.2) is 36.4 Å². The first-order valence-corrected chi connectivity index (χ1v) is 7.52. The van der Waals surface area contributed by atoms with Crippen molar-refractivity contribution in [2.24, 2.45) is 0 Å². The highest BCUT2D eigenvalue weighted by atomic mass is 19.1. The lowest BCUT2D eigenvalue weighted by Gasteiger charge is -2.15. The van der Waals surface area contributed by atoms with Crippen LogP contribution in [0.3, 0.4) is 0 Å². The van der Waals surface area contributed by atoms with Crippen molar-refractivity contribution < 1.29 is 23.2 Å². The van der Waals surface area contributed by atoms with E-state index in [1.54, 1.807) is 6.92 Å². The Bertz CT molecular complexity index is 911. The predicted octanol–water partition coefficient (Wildman–Crippen LogP) is 2.68. The summed E-state index contributed by atoms with van der Waals surface area (Å²) in [5, 5.41) is 2.59. The van der Waals surface area contributed by atoms with Gasteiger partial charge in [-0.05, 0) is 31.2 Å². The van der Waals surface area contributed by atoms with E-state index < -0.39 is 35.4 Å². The molecule has 0 bridgehead atoms. The van der Waals surface area contributed by atoms with Crippen molar-refractivity contribution in [3.63, 3.8) is 0 Å². The zero-order valence-corrected chi connectivity index (χ0v) is 13.5. The quantitative estimate of drug-likeness (QED) is 0.871. The summed E-state index contributed by atoms with van der Waals surface area (Å²) in [5.74, 6) is -2.90. The molecule has 0 unspecified atom stereocenters. The summed E-state index contributed by atoms with van der Waals surface area (Å²) in [5.41, 5.74) is 0.703. The highest BCUT2D eigenvalue weighted by Gasteiger charge is 2.33. The van der Waals surface area contributed by atoms with E-state index >= 15 is 0 Å². The lowest BCUT2D eigenvalue weighted by molar-refractivity contribution is 0.0693. The molecular weight excluding hydrogens is 330 g/mol. The molecule has 5 nitrogen and oxygen atoms in total. The van der Waals surface area contributed by atoms with Crippen LogP contribution < -0.4 is 5.32 Å². The maximum Gasteiger partial charge on any atom is 0.261 e. The van der Waals surface area contributed by atoms with Crippen LogP contribution in [0.5, 0.6) is 0 Å². The number of nitrogens with zero attached hydrogens (tertiary/aromatic N) is 1. The number of fused-ring (bicyclic) bond motifs is 1. The van der Waals surface area contributed by atoms with E-state index in [-0.39, 0.29) is 22.3 Å². The first kappa shape index (κ1) is 16.8. The van der Waals surface area contributed by atoms with E-state index in [1.165, 1.54) is 31.3 Å². The fourth-order valence-electron chi connectivity index (χ4n) is 2.71. The van der Waals surface area contributed by atoms with E-state index in [1.807, 2.05) is 0 Å². The van der Waals surface area contributed by atoms with E-state index in [0.717, 1.165) is 17.0 Å². The number of benzene rings is 2. The van der Waals surface area contributed by atoms with Crippen LogP contribution in [0.2, 0.25) is 0 Å². The molecule has 1 heterocycles. The van der Waals surface area contributed by atoms with Crippen LogP contribution in [0.25, 0.3) is 0 Å². The number of rotatable bonds is 3. The molecule has 3 rings (SSSR count). The third-order valence-corrected chi connectivity index (χ3v) is 4.13. The Kier molecular flexibility index (Phi) is 4.08. The average Bonchev–Trinajstić information content (AvgIpc) is 2.79. The van der Waals surface area contributed by atoms with Crippen molar-refractivity contribution >= 4 is 17.7 Å². The largest absolute Gasteiger partial charge is 0.345 e. The number of halogens is 2. The van der Waals surface area contributed by atoms with Gasteiger partial charge in [-0.2, -0.15) is 0 Å². The summed E-state index contributed by atoms with van der Waals surface area (Å²) < 4.78 is 26.8. The normalized spacial score (nSPS) is 14.5. The van der Waals surface area contributed by atoms with Gasteiger partial charge < -0.3 is 5.32 Å². The maximum atomic E-state index is 13.8.